The molecule has 0 fully saturated rings. The number of ether oxygens (including phenoxy) is 2. The molecule has 100 valence electrons. The first-order valence-electron chi connectivity index (χ1n) is 5.75. The Labute approximate surface area is 107 Å². The Kier molecular flexibility index (Phi) is 5.61. The van der Waals surface area contributed by atoms with Crippen LogP contribution in [0.4, 0.5) is 10.5 Å². The SMILES string of the molecule is COC(CNC(=O)Nc1c(C)cccc1C)OC. The summed E-state index contributed by atoms with van der Waals surface area (Å²) in [4.78, 5) is 11.7. The minimum absolute atomic E-state index is 0.272. The van der Waals surface area contributed by atoms with Gasteiger partial charge >= 0.3 is 6.03 Å². The van der Waals surface area contributed by atoms with Crippen LogP contribution in [0, 0.1) is 13.8 Å². The summed E-state index contributed by atoms with van der Waals surface area (Å²) in [5.41, 5.74) is 2.89. The molecule has 0 radical (unpaired) electrons. The highest BCUT2D eigenvalue weighted by molar-refractivity contribution is 5.90. The quantitative estimate of drug-likeness (QED) is 0.788. The lowest BCUT2D eigenvalue weighted by Gasteiger charge is -2.16. The average Bonchev–Trinajstić information content (AvgIpc) is 2.35. The molecule has 0 aromatic heterocycles. The van der Waals surface area contributed by atoms with Crippen LogP contribution in [0.25, 0.3) is 0 Å². The van der Waals surface area contributed by atoms with Crippen LogP contribution >= 0.6 is 0 Å². The molecule has 0 aliphatic rings. The Morgan fingerprint density at radius 3 is 2.28 bits per heavy atom. The van der Waals surface area contributed by atoms with E-state index in [1.807, 2.05) is 32.0 Å². The van der Waals surface area contributed by atoms with Gasteiger partial charge in [-0.05, 0) is 25.0 Å². The van der Waals surface area contributed by atoms with Crippen molar-refractivity contribution in [3.63, 3.8) is 0 Å². The summed E-state index contributed by atoms with van der Waals surface area (Å²) in [7, 11) is 3.05. The molecular formula is C13H20N2O3. The summed E-state index contributed by atoms with van der Waals surface area (Å²) >= 11 is 0. The van der Waals surface area contributed by atoms with E-state index in [1.165, 1.54) is 14.2 Å². The molecule has 0 bridgehead atoms. The van der Waals surface area contributed by atoms with Crippen molar-refractivity contribution in [1.82, 2.24) is 5.32 Å². The zero-order valence-corrected chi connectivity index (χ0v) is 11.2. The predicted octanol–water partition coefficient (Wildman–Crippen LogP) is 2.04. The topological polar surface area (TPSA) is 59.6 Å². The molecule has 2 N–H and O–H groups in total. The molecule has 0 saturated heterocycles. The second-order valence-electron chi connectivity index (χ2n) is 4.00. The number of carbonyl (C=O) groups is 1. The minimum atomic E-state index is -0.436. The van der Waals surface area contributed by atoms with Gasteiger partial charge in [0.2, 0.25) is 0 Å². The third-order valence-corrected chi connectivity index (χ3v) is 2.67. The summed E-state index contributed by atoms with van der Waals surface area (Å²) in [5, 5.41) is 5.51. The van der Waals surface area contributed by atoms with Crippen molar-refractivity contribution in [3.8, 4) is 0 Å². The van der Waals surface area contributed by atoms with Crippen molar-refractivity contribution in [3.05, 3.63) is 29.3 Å². The number of carbonyl (C=O) groups excluding carboxylic acids is 1. The lowest BCUT2D eigenvalue weighted by Crippen LogP contribution is -2.37. The van der Waals surface area contributed by atoms with Gasteiger partial charge in [-0.15, -0.1) is 0 Å². The van der Waals surface area contributed by atoms with Crippen molar-refractivity contribution in [2.24, 2.45) is 0 Å². The molecular weight excluding hydrogens is 232 g/mol. The number of hydrogen-bond donors (Lipinski definition) is 2. The molecule has 2 amide bonds. The first kappa shape index (κ1) is 14.5. The Morgan fingerprint density at radius 2 is 1.78 bits per heavy atom. The Hall–Kier alpha value is -1.59. The maximum Gasteiger partial charge on any atom is 0.319 e. The van der Waals surface area contributed by atoms with Crippen molar-refractivity contribution in [2.45, 2.75) is 20.1 Å². The summed E-state index contributed by atoms with van der Waals surface area (Å²) < 4.78 is 9.97. The first-order valence-corrected chi connectivity index (χ1v) is 5.75. The zero-order valence-electron chi connectivity index (χ0n) is 11.2. The number of benzene rings is 1. The van der Waals surface area contributed by atoms with Gasteiger partial charge in [0.05, 0.1) is 6.54 Å². The van der Waals surface area contributed by atoms with E-state index in [1.54, 1.807) is 0 Å². The lowest BCUT2D eigenvalue weighted by molar-refractivity contribution is -0.0970. The third-order valence-electron chi connectivity index (χ3n) is 2.67. The van der Waals surface area contributed by atoms with E-state index in [0.717, 1.165) is 16.8 Å². The van der Waals surface area contributed by atoms with E-state index in [9.17, 15) is 4.79 Å². The van der Waals surface area contributed by atoms with Crippen LogP contribution < -0.4 is 10.6 Å². The fourth-order valence-electron chi connectivity index (χ4n) is 1.61. The van der Waals surface area contributed by atoms with E-state index in [0.29, 0.717) is 6.54 Å². The van der Waals surface area contributed by atoms with Gasteiger partial charge < -0.3 is 20.1 Å². The fourth-order valence-corrected chi connectivity index (χ4v) is 1.61. The Morgan fingerprint density at radius 1 is 1.22 bits per heavy atom. The van der Waals surface area contributed by atoms with E-state index in [4.69, 9.17) is 9.47 Å². The second-order valence-corrected chi connectivity index (χ2v) is 4.00. The highest BCUT2D eigenvalue weighted by atomic mass is 16.7. The van der Waals surface area contributed by atoms with Gasteiger partial charge in [0, 0.05) is 19.9 Å². The molecule has 1 rings (SSSR count). The van der Waals surface area contributed by atoms with Crippen molar-refractivity contribution in [2.75, 3.05) is 26.1 Å². The van der Waals surface area contributed by atoms with E-state index in [-0.39, 0.29) is 6.03 Å². The molecule has 1 aromatic carbocycles. The highest BCUT2D eigenvalue weighted by Crippen LogP contribution is 2.18. The highest BCUT2D eigenvalue weighted by Gasteiger charge is 2.09. The van der Waals surface area contributed by atoms with Gasteiger partial charge in [-0.2, -0.15) is 0 Å². The predicted molar refractivity (Wildman–Crippen MR) is 70.7 cm³/mol. The molecule has 0 saturated carbocycles. The lowest BCUT2D eigenvalue weighted by atomic mass is 10.1. The number of amides is 2. The van der Waals surface area contributed by atoms with Gasteiger partial charge in [-0.25, -0.2) is 4.79 Å². The number of anilines is 1. The van der Waals surface area contributed by atoms with E-state index >= 15 is 0 Å². The van der Waals surface area contributed by atoms with Crippen LogP contribution in [0.1, 0.15) is 11.1 Å². The van der Waals surface area contributed by atoms with Crippen LogP contribution in [0.3, 0.4) is 0 Å². The number of aryl methyl sites for hydroxylation is 2. The van der Waals surface area contributed by atoms with Crippen LogP contribution in [0.15, 0.2) is 18.2 Å². The first-order chi connectivity index (χ1) is 8.58. The normalized spacial score (nSPS) is 10.5. The molecule has 0 atom stereocenters. The molecule has 0 spiro atoms. The van der Waals surface area contributed by atoms with Crippen LogP contribution in [0.5, 0.6) is 0 Å². The molecule has 5 heteroatoms. The zero-order chi connectivity index (χ0) is 13.5. The summed E-state index contributed by atoms with van der Waals surface area (Å²) in [6.45, 7) is 4.20. The monoisotopic (exact) mass is 252 g/mol. The maximum atomic E-state index is 11.7. The smallest absolute Gasteiger partial charge is 0.319 e. The minimum Gasteiger partial charge on any atom is -0.354 e. The van der Waals surface area contributed by atoms with Crippen LogP contribution in [0.2, 0.25) is 0 Å². The number of urea groups is 1. The second kappa shape index (κ2) is 6.98. The van der Waals surface area contributed by atoms with Crippen molar-refractivity contribution >= 4 is 11.7 Å². The largest absolute Gasteiger partial charge is 0.354 e. The summed E-state index contributed by atoms with van der Waals surface area (Å²) in [6.07, 6.45) is -0.436. The third kappa shape index (κ3) is 4.01. The molecule has 0 unspecified atom stereocenters. The molecule has 0 aliphatic heterocycles. The van der Waals surface area contributed by atoms with Gasteiger partial charge in [0.1, 0.15) is 0 Å². The summed E-state index contributed by atoms with van der Waals surface area (Å²) in [5.74, 6) is 0. The molecule has 0 aliphatic carbocycles. The van der Waals surface area contributed by atoms with Gasteiger partial charge in [-0.1, -0.05) is 18.2 Å². The van der Waals surface area contributed by atoms with Crippen molar-refractivity contribution in [1.29, 1.82) is 0 Å². The number of para-hydroxylation sites is 1. The number of rotatable bonds is 5. The van der Waals surface area contributed by atoms with E-state index < -0.39 is 6.29 Å². The van der Waals surface area contributed by atoms with Gasteiger partial charge in [0.25, 0.3) is 0 Å². The summed E-state index contributed by atoms with van der Waals surface area (Å²) in [6, 6.07) is 5.59. The Balaban J connectivity index is 2.55. The Bertz CT molecular complexity index is 383. The number of methoxy groups -OCH3 is 2. The average molecular weight is 252 g/mol. The maximum absolute atomic E-state index is 11.7. The van der Waals surface area contributed by atoms with Crippen LogP contribution in [-0.4, -0.2) is 33.1 Å². The molecule has 0 heterocycles. The van der Waals surface area contributed by atoms with Crippen LogP contribution in [-0.2, 0) is 9.47 Å². The molecule has 1 aromatic rings. The number of nitrogens with one attached hydrogen (secondary N) is 2. The fraction of sp³-hybridized carbons (Fsp3) is 0.462. The molecule has 5 nitrogen and oxygen atoms in total. The standard InChI is InChI=1S/C13H20N2O3/c1-9-6-5-7-10(2)12(9)15-13(16)14-8-11(17-3)18-4/h5-7,11H,8H2,1-4H3,(H2,14,15,16). The van der Waals surface area contributed by atoms with Crippen molar-refractivity contribution < 1.29 is 14.3 Å². The van der Waals surface area contributed by atoms with Gasteiger partial charge in [-0.3, -0.25) is 0 Å². The van der Waals surface area contributed by atoms with Gasteiger partial charge in [0.15, 0.2) is 6.29 Å². The number of hydrogen-bond acceptors (Lipinski definition) is 3. The van der Waals surface area contributed by atoms with E-state index in [2.05, 4.69) is 10.6 Å². The molecule has 18 heavy (non-hydrogen) atoms.